The van der Waals surface area contributed by atoms with Crippen molar-refractivity contribution in [3.05, 3.63) is 34.2 Å². The highest BCUT2D eigenvalue weighted by atomic mass is 16.3. The summed E-state index contributed by atoms with van der Waals surface area (Å²) in [5, 5.41) is 9.77. The third kappa shape index (κ3) is 1.74. The molecule has 1 aromatic heterocycles. The van der Waals surface area contributed by atoms with Gasteiger partial charge in [0, 0.05) is 6.20 Å². The van der Waals surface area contributed by atoms with Crippen molar-refractivity contribution in [3.63, 3.8) is 0 Å². The Hall–Kier alpha value is -1.62. The second kappa shape index (κ2) is 3.75. The van der Waals surface area contributed by atoms with Crippen LogP contribution in [0.4, 0.5) is 0 Å². The lowest BCUT2D eigenvalue weighted by Crippen LogP contribution is -2.63. The molecule has 0 atom stereocenters. The first-order chi connectivity index (χ1) is 7.56. The minimum absolute atomic E-state index is 0.126. The lowest BCUT2D eigenvalue weighted by atomic mass is 9.91. The third-order valence-electron chi connectivity index (χ3n) is 2.96. The number of hydrogen-bond acceptors (Lipinski definition) is 3. The van der Waals surface area contributed by atoms with E-state index in [1.807, 2.05) is 6.92 Å². The Morgan fingerprint density at radius 2 is 2.31 bits per heavy atom. The fourth-order valence-electron chi connectivity index (χ4n) is 1.79. The van der Waals surface area contributed by atoms with Crippen LogP contribution >= 0.6 is 0 Å². The highest BCUT2D eigenvalue weighted by Gasteiger charge is 2.42. The van der Waals surface area contributed by atoms with E-state index in [0.717, 1.165) is 0 Å². The van der Waals surface area contributed by atoms with Crippen LogP contribution in [-0.4, -0.2) is 39.6 Å². The molecule has 5 nitrogen and oxygen atoms in total. The van der Waals surface area contributed by atoms with E-state index in [0.29, 0.717) is 19.5 Å². The van der Waals surface area contributed by atoms with E-state index in [4.69, 9.17) is 0 Å². The highest BCUT2D eigenvalue weighted by molar-refractivity contribution is 5.94. The van der Waals surface area contributed by atoms with Crippen LogP contribution in [0.15, 0.2) is 23.1 Å². The largest absolute Gasteiger partial charge is 0.386 e. The number of aromatic amines is 1. The summed E-state index contributed by atoms with van der Waals surface area (Å²) < 4.78 is 0. The van der Waals surface area contributed by atoms with E-state index < -0.39 is 5.60 Å². The lowest BCUT2D eigenvalue weighted by molar-refractivity contribution is -0.0827. The number of β-amino-alcohol motifs (C(OH)–C–C–N with tert-alkyl or cyclic N) is 1. The van der Waals surface area contributed by atoms with Gasteiger partial charge in [-0.1, -0.05) is 6.92 Å². The molecular formula is C11H14N2O3. The van der Waals surface area contributed by atoms with Crippen molar-refractivity contribution in [1.82, 2.24) is 9.88 Å². The molecule has 1 fully saturated rings. The standard InChI is InChI=1S/C11H14N2O3/c1-2-11(16)6-13(7-11)10(15)8-4-3-5-12-9(8)14/h3-5,16H,2,6-7H2,1H3,(H,12,14). The van der Waals surface area contributed by atoms with E-state index in [1.54, 1.807) is 6.07 Å². The Balaban J connectivity index is 2.12. The molecule has 1 saturated heterocycles. The highest BCUT2D eigenvalue weighted by Crippen LogP contribution is 2.24. The quantitative estimate of drug-likeness (QED) is 0.738. The number of hydrogen-bond donors (Lipinski definition) is 2. The van der Waals surface area contributed by atoms with Gasteiger partial charge >= 0.3 is 0 Å². The van der Waals surface area contributed by atoms with Crippen LogP contribution in [0, 0.1) is 0 Å². The normalized spacial score (nSPS) is 18.0. The second-order valence-electron chi connectivity index (χ2n) is 4.15. The first-order valence-corrected chi connectivity index (χ1v) is 5.25. The SMILES string of the molecule is CCC1(O)CN(C(=O)c2ccc[nH]c2=O)C1. The molecule has 0 aromatic carbocycles. The van der Waals surface area contributed by atoms with Gasteiger partial charge in [0.25, 0.3) is 11.5 Å². The number of aromatic nitrogens is 1. The Bertz CT molecular complexity index is 460. The number of carbonyl (C=O) groups excluding carboxylic acids is 1. The van der Waals surface area contributed by atoms with Crippen LogP contribution in [0.3, 0.4) is 0 Å². The molecule has 2 rings (SSSR count). The van der Waals surface area contributed by atoms with Crippen molar-refractivity contribution in [3.8, 4) is 0 Å². The van der Waals surface area contributed by atoms with E-state index in [1.165, 1.54) is 17.2 Å². The molecule has 0 bridgehead atoms. The van der Waals surface area contributed by atoms with Gasteiger partial charge in [-0.05, 0) is 18.6 Å². The van der Waals surface area contributed by atoms with Gasteiger partial charge in [0.15, 0.2) is 0 Å². The van der Waals surface area contributed by atoms with Gasteiger partial charge in [-0.25, -0.2) is 0 Å². The van der Waals surface area contributed by atoms with E-state index in [2.05, 4.69) is 4.98 Å². The molecule has 0 saturated carbocycles. The number of amides is 1. The van der Waals surface area contributed by atoms with Crippen LogP contribution in [0.1, 0.15) is 23.7 Å². The topological polar surface area (TPSA) is 73.4 Å². The first kappa shape index (κ1) is 10.9. The Morgan fingerprint density at radius 3 is 2.88 bits per heavy atom. The van der Waals surface area contributed by atoms with Crippen molar-refractivity contribution in [2.45, 2.75) is 18.9 Å². The molecule has 0 spiro atoms. The summed E-state index contributed by atoms with van der Waals surface area (Å²) in [7, 11) is 0. The Morgan fingerprint density at radius 1 is 1.62 bits per heavy atom. The van der Waals surface area contributed by atoms with Gasteiger partial charge in [0.2, 0.25) is 0 Å². The van der Waals surface area contributed by atoms with Crippen molar-refractivity contribution < 1.29 is 9.90 Å². The first-order valence-electron chi connectivity index (χ1n) is 5.25. The molecule has 1 amide bonds. The fourth-order valence-corrected chi connectivity index (χ4v) is 1.79. The zero-order valence-electron chi connectivity index (χ0n) is 9.06. The van der Waals surface area contributed by atoms with Crippen LogP contribution < -0.4 is 5.56 Å². The van der Waals surface area contributed by atoms with E-state index in [9.17, 15) is 14.7 Å². The van der Waals surface area contributed by atoms with Crippen molar-refractivity contribution in [2.75, 3.05) is 13.1 Å². The average molecular weight is 222 g/mol. The summed E-state index contributed by atoms with van der Waals surface area (Å²) in [6.45, 7) is 2.48. The minimum Gasteiger partial charge on any atom is -0.386 e. The molecule has 1 aliphatic rings. The number of likely N-dealkylation sites (tertiary alicyclic amines) is 1. The van der Waals surface area contributed by atoms with Gasteiger partial charge in [-0.3, -0.25) is 9.59 Å². The maximum atomic E-state index is 11.8. The summed E-state index contributed by atoms with van der Waals surface area (Å²) >= 11 is 0. The number of rotatable bonds is 2. The van der Waals surface area contributed by atoms with Crippen LogP contribution in [0.5, 0.6) is 0 Å². The fraction of sp³-hybridized carbons (Fsp3) is 0.455. The second-order valence-corrected chi connectivity index (χ2v) is 4.15. The molecule has 5 heteroatoms. The van der Waals surface area contributed by atoms with Gasteiger partial charge in [-0.2, -0.15) is 0 Å². The van der Waals surface area contributed by atoms with Crippen molar-refractivity contribution in [1.29, 1.82) is 0 Å². The molecule has 1 aromatic rings. The average Bonchev–Trinajstić information content (AvgIpc) is 2.24. The van der Waals surface area contributed by atoms with E-state index in [-0.39, 0.29) is 17.0 Å². The molecule has 16 heavy (non-hydrogen) atoms. The van der Waals surface area contributed by atoms with Gasteiger partial charge in [-0.15, -0.1) is 0 Å². The minimum atomic E-state index is -0.767. The summed E-state index contributed by atoms with van der Waals surface area (Å²) in [6.07, 6.45) is 2.10. The van der Waals surface area contributed by atoms with E-state index >= 15 is 0 Å². The molecule has 2 heterocycles. The van der Waals surface area contributed by atoms with Gasteiger partial charge in [0.1, 0.15) is 5.56 Å². The maximum Gasteiger partial charge on any atom is 0.260 e. The van der Waals surface area contributed by atoms with Crippen molar-refractivity contribution >= 4 is 5.91 Å². The Kier molecular flexibility index (Phi) is 2.55. The van der Waals surface area contributed by atoms with Crippen LogP contribution in [0.2, 0.25) is 0 Å². The number of carbonyl (C=O) groups is 1. The maximum absolute atomic E-state index is 11.8. The molecule has 86 valence electrons. The number of nitrogens with one attached hydrogen (secondary N) is 1. The summed E-state index contributed by atoms with van der Waals surface area (Å²) in [6, 6.07) is 3.10. The number of pyridine rings is 1. The lowest BCUT2D eigenvalue weighted by Gasteiger charge is -2.45. The number of nitrogens with zero attached hydrogens (tertiary/aromatic N) is 1. The molecular weight excluding hydrogens is 208 g/mol. The molecule has 0 aliphatic carbocycles. The van der Waals surface area contributed by atoms with Crippen molar-refractivity contribution in [2.24, 2.45) is 0 Å². The van der Waals surface area contributed by atoms with Gasteiger partial charge < -0.3 is 15.0 Å². The predicted molar refractivity (Wildman–Crippen MR) is 58.2 cm³/mol. The summed E-state index contributed by atoms with van der Waals surface area (Å²) in [5.41, 5.74) is -1.03. The predicted octanol–water partition coefficient (Wildman–Crippen LogP) is -0.0282. The third-order valence-corrected chi connectivity index (χ3v) is 2.96. The number of H-pyrrole nitrogens is 1. The molecule has 1 aliphatic heterocycles. The molecule has 0 unspecified atom stereocenters. The smallest absolute Gasteiger partial charge is 0.260 e. The summed E-state index contributed by atoms with van der Waals surface area (Å²) in [5.74, 6) is -0.319. The monoisotopic (exact) mass is 222 g/mol. The zero-order valence-corrected chi connectivity index (χ0v) is 9.06. The Labute approximate surface area is 92.7 Å². The van der Waals surface area contributed by atoms with Crippen LogP contribution in [0.25, 0.3) is 0 Å². The summed E-state index contributed by atoms with van der Waals surface area (Å²) in [4.78, 5) is 27.1. The number of aliphatic hydroxyl groups is 1. The molecule has 0 radical (unpaired) electrons. The van der Waals surface area contributed by atoms with Crippen LogP contribution in [-0.2, 0) is 0 Å². The molecule has 2 N–H and O–H groups in total. The zero-order chi connectivity index (χ0) is 11.8. The van der Waals surface area contributed by atoms with Gasteiger partial charge in [0.05, 0.1) is 18.7 Å².